The number of hydrogen-bond donors (Lipinski definition) is 0. The summed E-state index contributed by atoms with van der Waals surface area (Å²) < 4.78 is 0. The van der Waals surface area contributed by atoms with Gasteiger partial charge in [-0.15, -0.1) is 0 Å². The van der Waals surface area contributed by atoms with Gasteiger partial charge in [0, 0.05) is 29.9 Å². The first-order valence-electron chi connectivity index (χ1n) is 9.42. The molecule has 2 nitrogen and oxygen atoms in total. The molecule has 1 aliphatic heterocycles. The summed E-state index contributed by atoms with van der Waals surface area (Å²) in [6, 6.07) is 4.38. The molecule has 0 unspecified atom stereocenters. The highest BCUT2D eigenvalue weighted by atomic mass is 15.2. The number of likely N-dealkylation sites (tertiary alicyclic amines) is 1. The van der Waals surface area contributed by atoms with Gasteiger partial charge in [0.2, 0.25) is 0 Å². The second-order valence-corrected chi connectivity index (χ2v) is 9.27. The highest BCUT2D eigenvalue weighted by Gasteiger charge is 2.49. The Morgan fingerprint density at radius 3 is 2.26 bits per heavy atom. The van der Waals surface area contributed by atoms with Crippen LogP contribution >= 0.6 is 0 Å². The van der Waals surface area contributed by atoms with Gasteiger partial charge in [-0.3, -0.25) is 9.88 Å². The smallest absolute Gasteiger partial charge is 0.0270 e. The van der Waals surface area contributed by atoms with Crippen LogP contribution in [-0.4, -0.2) is 28.5 Å². The predicted molar refractivity (Wildman–Crippen MR) is 97.6 cm³/mol. The van der Waals surface area contributed by atoms with Crippen LogP contribution < -0.4 is 0 Å². The molecule has 1 saturated carbocycles. The zero-order valence-corrected chi connectivity index (χ0v) is 15.7. The summed E-state index contributed by atoms with van der Waals surface area (Å²) in [6.45, 7) is 14.7. The van der Waals surface area contributed by atoms with E-state index >= 15 is 0 Å². The number of aromatic nitrogens is 1. The first kappa shape index (κ1) is 17.0. The Morgan fingerprint density at radius 2 is 1.65 bits per heavy atom. The molecular formula is C21H34N2. The Bertz CT molecular complexity index is 524. The minimum Gasteiger partial charge on any atom is -0.297 e. The second kappa shape index (κ2) is 5.88. The van der Waals surface area contributed by atoms with Crippen molar-refractivity contribution in [3.63, 3.8) is 0 Å². The first-order valence-corrected chi connectivity index (χ1v) is 9.42. The van der Waals surface area contributed by atoms with Crippen molar-refractivity contribution >= 4 is 0 Å². The molecule has 1 aliphatic carbocycles. The second-order valence-electron chi connectivity index (χ2n) is 9.27. The van der Waals surface area contributed by atoms with Crippen molar-refractivity contribution in [3.05, 3.63) is 30.1 Å². The van der Waals surface area contributed by atoms with Gasteiger partial charge in [-0.2, -0.15) is 0 Å². The Balaban J connectivity index is 1.78. The molecule has 1 saturated heterocycles. The maximum Gasteiger partial charge on any atom is 0.0270 e. The molecule has 1 aromatic rings. The molecule has 1 aromatic heterocycles. The van der Waals surface area contributed by atoms with E-state index in [1.54, 1.807) is 0 Å². The monoisotopic (exact) mass is 314 g/mol. The van der Waals surface area contributed by atoms with Gasteiger partial charge < -0.3 is 0 Å². The minimum atomic E-state index is 0.115. The van der Waals surface area contributed by atoms with Gasteiger partial charge in [-0.25, -0.2) is 0 Å². The van der Waals surface area contributed by atoms with Gasteiger partial charge >= 0.3 is 0 Å². The lowest BCUT2D eigenvalue weighted by atomic mass is 9.68. The number of nitrogens with zero attached hydrogens (tertiary/aromatic N) is 2. The molecule has 0 atom stereocenters. The summed E-state index contributed by atoms with van der Waals surface area (Å²) in [5.74, 6) is 0.941. The van der Waals surface area contributed by atoms with E-state index in [-0.39, 0.29) is 11.0 Å². The van der Waals surface area contributed by atoms with Gasteiger partial charge in [-0.05, 0) is 68.7 Å². The lowest BCUT2D eigenvalue weighted by molar-refractivity contribution is 0.0551. The fraction of sp³-hybridized carbons (Fsp3) is 0.762. The van der Waals surface area contributed by atoms with E-state index in [1.807, 2.05) is 12.4 Å². The lowest BCUT2D eigenvalue weighted by Gasteiger charge is -2.49. The Hall–Kier alpha value is -0.890. The molecule has 0 aromatic carbocycles. The van der Waals surface area contributed by atoms with E-state index in [0.29, 0.717) is 5.41 Å². The van der Waals surface area contributed by atoms with E-state index in [0.717, 1.165) is 5.92 Å². The van der Waals surface area contributed by atoms with Crippen LogP contribution in [0.1, 0.15) is 72.3 Å². The number of rotatable bonds is 3. The van der Waals surface area contributed by atoms with Crippen molar-refractivity contribution in [2.75, 3.05) is 13.1 Å². The van der Waals surface area contributed by atoms with Crippen LogP contribution in [0.25, 0.3) is 0 Å². The van der Waals surface area contributed by atoms with Crippen LogP contribution in [0, 0.1) is 11.3 Å². The van der Waals surface area contributed by atoms with E-state index in [1.165, 1.54) is 50.8 Å². The van der Waals surface area contributed by atoms with Gasteiger partial charge in [0.1, 0.15) is 0 Å². The molecule has 1 spiro atoms. The highest BCUT2D eigenvalue weighted by molar-refractivity contribution is 5.26. The van der Waals surface area contributed by atoms with E-state index in [9.17, 15) is 0 Å². The molecule has 2 aliphatic rings. The fourth-order valence-electron chi connectivity index (χ4n) is 4.71. The van der Waals surface area contributed by atoms with Gasteiger partial charge in [0.05, 0.1) is 0 Å². The molecule has 2 heterocycles. The normalized spacial score (nSPS) is 30.0. The number of hydrogen-bond acceptors (Lipinski definition) is 2. The molecular weight excluding hydrogens is 280 g/mol. The van der Waals surface area contributed by atoms with Crippen molar-refractivity contribution < 1.29 is 0 Å². The molecule has 0 amide bonds. The van der Waals surface area contributed by atoms with E-state index < -0.39 is 0 Å². The molecule has 128 valence electrons. The number of pyridine rings is 1. The third kappa shape index (κ3) is 2.95. The molecule has 0 radical (unpaired) electrons. The van der Waals surface area contributed by atoms with Crippen LogP contribution in [0.5, 0.6) is 0 Å². The largest absolute Gasteiger partial charge is 0.297 e. The summed E-state index contributed by atoms with van der Waals surface area (Å²) in [5.41, 5.74) is 2.28. The summed E-state index contributed by atoms with van der Waals surface area (Å²) in [4.78, 5) is 6.98. The molecule has 2 heteroatoms. The van der Waals surface area contributed by atoms with E-state index in [4.69, 9.17) is 0 Å². The van der Waals surface area contributed by atoms with Crippen LogP contribution in [-0.2, 0) is 5.41 Å². The zero-order valence-electron chi connectivity index (χ0n) is 15.7. The third-order valence-corrected chi connectivity index (χ3v) is 7.50. The van der Waals surface area contributed by atoms with Crippen molar-refractivity contribution in [3.8, 4) is 0 Å². The predicted octanol–water partition coefficient (Wildman–Crippen LogP) is 5.04. The topological polar surface area (TPSA) is 16.1 Å². The molecule has 0 N–H and O–H groups in total. The van der Waals surface area contributed by atoms with Crippen LogP contribution in [0.2, 0.25) is 0 Å². The standard InChI is InChI=1S/C21H34N2/c1-17-6-10-21(11-7-17)12-15-23(16-21)20(4,5)19(2,3)18-8-13-22-14-9-18/h8-9,13-14,17H,6-7,10-12,15-16H2,1-5H3. The Labute approximate surface area is 142 Å². The van der Waals surface area contributed by atoms with Crippen LogP contribution in [0.15, 0.2) is 24.5 Å². The summed E-state index contributed by atoms with van der Waals surface area (Å²) in [6.07, 6.45) is 11.0. The van der Waals surface area contributed by atoms with Gasteiger partial charge in [0.15, 0.2) is 0 Å². The summed E-state index contributed by atoms with van der Waals surface area (Å²) in [5, 5.41) is 0. The first-order chi connectivity index (χ1) is 10.8. The Kier molecular flexibility index (Phi) is 4.33. The van der Waals surface area contributed by atoms with Gasteiger partial charge in [0.25, 0.3) is 0 Å². The van der Waals surface area contributed by atoms with Crippen molar-refractivity contribution in [2.24, 2.45) is 11.3 Å². The summed E-state index contributed by atoms with van der Waals surface area (Å²) in [7, 11) is 0. The average Bonchev–Trinajstić information content (AvgIpc) is 2.96. The minimum absolute atomic E-state index is 0.115. The average molecular weight is 315 g/mol. The molecule has 23 heavy (non-hydrogen) atoms. The van der Waals surface area contributed by atoms with E-state index in [2.05, 4.69) is 56.6 Å². The van der Waals surface area contributed by atoms with Crippen molar-refractivity contribution in [1.29, 1.82) is 0 Å². The molecule has 2 fully saturated rings. The van der Waals surface area contributed by atoms with Crippen LogP contribution in [0.3, 0.4) is 0 Å². The highest BCUT2D eigenvalue weighted by Crippen LogP contribution is 2.49. The van der Waals surface area contributed by atoms with Crippen molar-refractivity contribution in [1.82, 2.24) is 9.88 Å². The quantitative estimate of drug-likeness (QED) is 0.777. The lowest BCUT2D eigenvalue weighted by Crippen LogP contribution is -2.55. The molecule has 3 rings (SSSR count). The van der Waals surface area contributed by atoms with Crippen molar-refractivity contribution in [2.45, 2.75) is 77.7 Å². The Morgan fingerprint density at radius 1 is 1.04 bits per heavy atom. The maximum atomic E-state index is 4.20. The summed E-state index contributed by atoms with van der Waals surface area (Å²) >= 11 is 0. The molecule has 0 bridgehead atoms. The fourth-order valence-corrected chi connectivity index (χ4v) is 4.71. The SMILES string of the molecule is CC1CCC2(CC1)CCN(C(C)(C)C(C)(C)c1ccncc1)C2. The van der Waals surface area contributed by atoms with Crippen LogP contribution in [0.4, 0.5) is 0 Å². The maximum absolute atomic E-state index is 4.20. The third-order valence-electron chi connectivity index (χ3n) is 7.50. The van der Waals surface area contributed by atoms with Gasteiger partial charge in [-0.1, -0.05) is 33.6 Å². The zero-order chi connectivity index (χ0) is 16.7.